The first kappa shape index (κ1) is 16.3. The molecule has 1 unspecified atom stereocenters. The van der Waals surface area contributed by atoms with Crippen molar-refractivity contribution in [1.82, 2.24) is 4.98 Å². The molecule has 1 aromatic carbocycles. The van der Waals surface area contributed by atoms with E-state index in [2.05, 4.69) is 4.98 Å². The van der Waals surface area contributed by atoms with Crippen LogP contribution in [-0.4, -0.2) is 19.7 Å². The summed E-state index contributed by atoms with van der Waals surface area (Å²) in [4.78, 5) is 14.5. The molecule has 6 heteroatoms. The van der Waals surface area contributed by atoms with Crippen molar-refractivity contribution in [3.63, 3.8) is 0 Å². The van der Waals surface area contributed by atoms with Crippen LogP contribution in [0.15, 0.2) is 76.1 Å². The smallest absolute Gasteiger partial charge is 0.248 e. The van der Waals surface area contributed by atoms with Gasteiger partial charge in [-0.25, -0.2) is 8.42 Å². The summed E-state index contributed by atoms with van der Waals surface area (Å²) in [7, 11) is -3.22. The molecule has 0 saturated heterocycles. The van der Waals surface area contributed by atoms with Crippen LogP contribution in [0.1, 0.15) is 18.0 Å². The molecule has 1 aromatic heterocycles. The number of rotatable bonds is 4. The molecule has 1 N–H and O–H groups in total. The Bertz CT molecular complexity index is 953. The van der Waals surface area contributed by atoms with Gasteiger partial charge in [-0.1, -0.05) is 12.1 Å². The minimum atomic E-state index is -3.22. The van der Waals surface area contributed by atoms with E-state index in [0.717, 1.165) is 12.1 Å². The predicted octanol–water partition coefficient (Wildman–Crippen LogP) is 2.78. The van der Waals surface area contributed by atoms with Crippen LogP contribution in [-0.2, 0) is 9.84 Å². The van der Waals surface area contributed by atoms with Crippen LogP contribution in [0.5, 0.6) is 5.75 Å². The Hall–Kier alpha value is -2.60. The van der Waals surface area contributed by atoms with Crippen molar-refractivity contribution >= 4 is 9.84 Å². The summed E-state index contributed by atoms with van der Waals surface area (Å²) < 4.78 is 28.7. The van der Waals surface area contributed by atoms with Gasteiger partial charge in [0.05, 0.1) is 4.90 Å². The molecule has 0 saturated carbocycles. The van der Waals surface area contributed by atoms with E-state index in [1.165, 1.54) is 24.5 Å². The lowest BCUT2D eigenvalue weighted by molar-refractivity contribution is 0.435. The highest BCUT2D eigenvalue weighted by atomic mass is 32.2. The molecule has 0 bridgehead atoms. The van der Waals surface area contributed by atoms with Crippen molar-refractivity contribution in [3.8, 4) is 5.75 Å². The number of pyridine rings is 1. The lowest BCUT2D eigenvalue weighted by atomic mass is 9.96. The van der Waals surface area contributed by atoms with E-state index in [1.807, 2.05) is 24.3 Å². The normalized spacial score (nSPS) is 17.4. The van der Waals surface area contributed by atoms with Gasteiger partial charge >= 0.3 is 0 Å². The Morgan fingerprint density at radius 2 is 1.88 bits per heavy atom. The fraction of sp³-hybridized carbons (Fsp3) is 0.167. The molecule has 1 aliphatic rings. The number of hydrogen-bond acceptors (Lipinski definition) is 4. The lowest BCUT2D eigenvalue weighted by Gasteiger charge is -2.17. The number of benzene rings is 1. The summed E-state index contributed by atoms with van der Waals surface area (Å²) in [5.41, 5.74) is 0.703. The minimum absolute atomic E-state index is 0.0363. The molecular formula is C18H17NO4S. The van der Waals surface area contributed by atoms with Crippen molar-refractivity contribution in [1.29, 1.82) is 0 Å². The summed E-state index contributed by atoms with van der Waals surface area (Å²) in [5, 5.41) is 0. The third kappa shape index (κ3) is 3.83. The monoisotopic (exact) mass is 343 g/mol. The van der Waals surface area contributed by atoms with E-state index >= 15 is 0 Å². The molecule has 0 spiro atoms. The highest BCUT2D eigenvalue weighted by Gasteiger charge is 2.14. The summed E-state index contributed by atoms with van der Waals surface area (Å²) in [5.74, 6) is 1.25. The van der Waals surface area contributed by atoms with Gasteiger partial charge in [-0.15, -0.1) is 0 Å². The van der Waals surface area contributed by atoms with E-state index in [0.29, 0.717) is 11.5 Å². The highest BCUT2D eigenvalue weighted by molar-refractivity contribution is 7.90. The molecule has 3 rings (SSSR count). The Kier molecular flexibility index (Phi) is 4.40. The molecule has 0 amide bonds. The van der Waals surface area contributed by atoms with Gasteiger partial charge in [0.1, 0.15) is 11.5 Å². The van der Waals surface area contributed by atoms with Gasteiger partial charge in [-0.3, -0.25) is 4.79 Å². The van der Waals surface area contributed by atoms with Crippen LogP contribution in [0.4, 0.5) is 0 Å². The van der Waals surface area contributed by atoms with Crippen molar-refractivity contribution in [2.75, 3.05) is 6.26 Å². The van der Waals surface area contributed by atoms with Crippen LogP contribution in [0.2, 0.25) is 0 Å². The number of hydrogen-bond donors (Lipinski definition) is 1. The Labute approximate surface area is 140 Å². The fourth-order valence-corrected chi connectivity index (χ4v) is 3.14. The molecule has 2 aromatic rings. The van der Waals surface area contributed by atoms with Gasteiger partial charge in [0, 0.05) is 23.9 Å². The van der Waals surface area contributed by atoms with Crippen molar-refractivity contribution in [2.45, 2.75) is 17.2 Å². The summed E-state index contributed by atoms with van der Waals surface area (Å²) in [6, 6.07) is 11.4. The lowest BCUT2D eigenvalue weighted by Crippen LogP contribution is -2.11. The van der Waals surface area contributed by atoms with Gasteiger partial charge in [0.2, 0.25) is 5.56 Å². The quantitative estimate of drug-likeness (QED) is 0.926. The third-order valence-electron chi connectivity index (χ3n) is 3.72. The minimum Gasteiger partial charge on any atom is -0.458 e. The van der Waals surface area contributed by atoms with E-state index < -0.39 is 9.84 Å². The first-order chi connectivity index (χ1) is 11.4. The molecule has 1 aliphatic carbocycles. The molecule has 5 nitrogen and oxygen atoms in total. The van der Waals surface area contributed by atoms with Crippen molar-refractivity contribution < 1.29 is 13.2 Å². The molecule has 0 aliphatic heterocycles. The zero-order chi connectivity index (χ0) is 17.2. The fourth-order valence-electron chi connectivity index (χ4n) is 2.51. The molecule has 24 heavy (non-hydrogen) atoms. The molecule has 0 fully saturated rings. The largest absolute Gasteiger partial charge is 0.458 e. The average molecular weight is 343 g/mol. The van der Waals surface area contributed by atoms with E-state index in [1.54, 1.807) is 18.2 Å². The standard InChI is InChI=1S/C18H17NO4S/c1-24(21,22)16-10-8-14(9-11-16)23-15-5-2-4-13(12-15)17-6-3-7-18(20)19-17/h2-3,5-13H,4H2,1H3,(H,19,20). The summed E-state index contributed by atoms with van der Waals surface area (Å²) in [6.07, 6.45) is 7.73. The molecular weight excluding hydrogens is 326 g/mol. The molecule has 1 heterocycles. The molecule has 0 radical (unpaired) electrons. The van der Waals surface area contributed by atoms with Crippen LogP contribution >= 0.6 is 0 Å². The molecule has 124 valence electrons. The summed E-state index contributed by atoms with van der Waals surface area (Å²) >= 11 is 0. The number of H-pyrrole nitrogens is 1. The van der Waals surface area contributed by atoms with Gasteiger partial charge in [0.15, 0.2) is 9.84 Å². The van der Waals surface area contributed by atoms with E-state index in [4.69, 9.17) is 4.74 Å². The Balaban J connectivity index is 1.79. The second-order valence-corrected chi connectivity index (χ2v) is 7.65. The number of aromatic nitrogens is 1. The zero-order valence-corrected chi connectivity index (χ0v) is 13.9. The first-order valence-electron chi connectivity index (χ1n) is 7.47. The maximum Gasteiger partial charge on any atom is 0.248 e. The predicted molar refractivity (Wildman–Crippen MR) is 91.8 cm³/mol. The number of nitrogens with one attached hydrogen (secondary N) is 1. The van der Waals surface area contributed by atoms with Gasteiger partial charge < -0.3 is 9.72 Å². The Morgan fingerprint density at radius 3 is 2.54 bits per heavy atom. The number of sulfone groups is 1. The van der Waals surface area contributed by atoms with Gasteiger partial charge in [-0.05, 0) is 48.9 Å². The zero-order valence-electron chi connectivity index (χ0n) is 13.1. The average Bonchev–Trinajstić information content (AvgIpc) is 2.55. The number of allylic oxidation sites excluding steroid dienone is 3. The van der Waals surface area contributed by atoms with E-state index in [9.17, 15) is 13.2 Å². The topological polar surface area (TPSA) is 76.2 Å². The number of ether oxygens (including phenoxy) is 1. The maximum atomic E-state index is 11.5. The SMILES string of the molecule is CS(=O)(=O)c1ccc(OC2=CC(c3cccc(=O)[nH]3)CC=C2)cc1. The second-order valence-electron chi connectivity index (χ2n) is 5.63. The number of aromatic amines is 1. The third-order valence-corrected chi connectivity index (χ3v) is 4.84. The Morgan fingerprint density at radius 1 is 1.12 bits per heavy atom. The second kappa shape index (κ2) is 6.49. The van der Waals surface area contributed by atoms with Gasteiger partial charge in [0.25, 0.3) is 0 Å². The highest BCUT2D eigenvalue weighted by Crippen LogP contribution is 2.27. The van der Waals surface area contributed by atoms with Crippen LogP contribution in [0, 0.1) is 0 Å². The maximum absolute atomic E-state index is 11.5. The molecule has 1 atom stereocenters. The van der Waals surface area contributed by atoms with E-state index in [-0.39, 0.29) is 16.4 Å². The van der Waals surface area contributed by atoms with Crippen LogP contribution in [0.25, 0.3) is 0 Å². The van der Waals surface area contributed by atoms with Crippen molar-refractivity contribution in [2.24, 2.45) is 0 Å². The van der Waals surface area contributed by atoms with Gasteiger partial charge in [-0.2, -0.15) is 0 Å². The summed E-state index contributed by atoms with van der Waals surface area (Å²) in [6.45, 7) is 0. The van der Waals surface area contributed by atoms with Crippen LogP contribution < -0.4 is 10.3 Å². The van der Waals surface area contributed by atoms with Crippen LogP contribution in [0.3, 0.4) is 0 Å². The first-order valence-corrected chi connectivity index (χ1v) is 9.36. The van der Waals surface area contributed by atoms with Crippen molar-refractivity contribution in [3.05, 3.63) is 82.5 Å².